The molecule has 34 heavy (non-hydrogen) atoms. The minimum atomic E-state index is -0.175. The van der Waals surface area contributed by atoms with Crippen LogP contribution in [0.3, 0.4) is 0 Å². The number of para-hydroxylation sites is 1. The zero-order valence-electron chi connectivity index (χ0n) is 18.8. The number of anilines is 1. The number of hydrogen-bond acceptors (Lipinski definition) is 6. The van der Waals surface area contributed by atoms with Crippen LogP contribution < -0.4 is 4.90 Å². The van der Waals surface area contributed by atoms with E-state index in [1.165, 1.54) is 0 Å². The molecule has 2 saturated heterocycles. The van der Waals surface area contributed by atoms with E-state index in [9.17, 15) is 9.59 Å². The Morgan fingerprint density at radius 3 is 2.35 bits per heavy atom. The molecule has 1 unspecified atom stereocenters. The topological polar surface area (TPSA) is 87.5 Å². The van der Waals surface area contributed by atoms with Gasteiger partial charge in [-0.2, -0.15) is 4.68 Å². The number of halogens is 1. The Balaban J connectivity index is 1.20. The maximum absolute atomic E-state index is 13.3. The number of piperazine rings is 1. The Morgan fingerprint density at radius 1 is 0.882 bits per heavy atom. The van der Waals surface area contributed by atoms with Crippen LogP contribution in [0.25, 0.3) is 5.69 Å². The summed E-state index contributed by atoms with van der Waals surface area (Å²) in [6.45, 7) is 3.62. The van der Waals surface area contributed by atoms with Crippen LogP contribution in [0, 0.1) is 5.92 Å². The maximum atomic E-state index is 13.3. The predicted octanol–water partition coefficient (Wildman–Crippen LogP) is 2.52. The van der Waals surface area contributed by atoms with Crippen molar-refractivity contribution in [1.82, 2.24) is 30.0 Å². The van der Waals surface area contributed by atoms with Gasteiger partial charge < -0.3 is 14.7 Å². The molecule has 0 aliphatic carbocycles. The molecule has 5 rings (SSSR count). The molecule has 2 aromatic carbocycles. The molecule has 0 spiro atoms. The van der Waals surface area contributed by atoms with Gasteiger partial charge in [0.15, 0.2) is 0 Å². The standard InChI is InChI=1S/C24H26ClN7O2/c25-20-10-8-18(9-11-20)22(33)31-12-4-5-19(17-31)23(34)29-13-15-30(16-14-29)24-26-27-28-32(24)21-6-2-1-3-7-21/h1-3,6-11,19H,4-5,12-17H2. The fourth-order valence-electron chi connectivity index (χ4n) is 4.64. The van der Waals surface area contributed by atoms with Crippen LogP contribution >= 0.6 is 11.6 Å². The molecule has 0 radical (unpaired) electrons. The summed E-state index contributed by atoms with van der Waals surface area (Å²) < 4.78 is 1.72. The Hall–Kier alpha value is -3.46. The van der Waals surface area contributed by atoms with Gasteiger partial charge in [0.2, 0.25) is 11.9 Å². The number of rotatable bonds is 4. The first-order valence-electron chi connectivity index (χ1n) is 11.5. The number of nitrogens with zero attached hydrogens (tertiary/aromatic N) is 7. The van der Waals surface area contributed by atoms with Crippen LogP contribution in [0.1, 0.15) is 23.2 Å². The van der Waals surface area contributed by atoms with Gasteiger partial charge in [0.25, 0.3) is 5.91 Å². The van der Waals surface area contributed by atoms with E-state index in [0.29, 0.717) is 55.8 Å². The smallest absolute Gasteiger partial charge is 0.253 e. The third-order valence-electron chi connectivity index (χ3n) is 6.48. The SMILES string of the molecule is O=C(c1ccc(Cl)cc1)N1CCCC(C(=O)N2CCN(c3nnnn3-c3ccccc3)CC2)C1. The van der Waals surface area contributed by atoms with Gasteiger partial charge in [-0.3, -0.25) is 9.59 Å². The fraction of sp³-hybridized carbons (Fsp3) is 0.375. The number of amides is 2. The second kappa shape index (κ2) is 9.80. The lowest BCUT2D eigenvalue weighted by Gasteiger charge is -2.39. The summed E-state index contributed by atoms with van der Waals surface area (Å²) in [5.41, 5.74) is 1.50. The van der Waals surface area contributed by atoms with E-state index in [-0.39, 0.29) is 17.7 Å². The van der Waals surface area contributed by atoms with Crippen LogP contribution in [0.15, 0.2) is 54.6 Å². The summed E-state index contributed by atoms with van der Waals surface area (Å²) in [5, 5.41) is 12.8. The van der Waals surface area contributed by atoms with Crippen molar-refractivity contribution in [2.24, 2.45) is 5.92 Å². The Kier molecular flexibility index (Phi) is 6.44. The van der Waals surface area contributed by atoms with Crippen molar-refractivity contribution in [3.05, 3.63) is 65.2 Å². The molecular weight excluding hydrogens is 454 g/mol. The number of benzene rings is 2. The highest BCUT2D eigenvalue weighted by Gasteiger charge is 2.33. The van der Waals surface area contributed by atoms with Gasteiger partial charge in [0.05, 0.1) is 11.6 Å². The molecule has 10 heteroatoms. The molecule has 0 N–H and O–H groups in total. The summed E-state index contributed by atoms with van der Waals surface area (Å²) in [4.78, 5) is 32.0. The van der Waals surface area contributed by atoms with Crippen molar-refractivity contribution >= 4 is 29.4 Å². The summed E-state index contributed by atoms with van der Waals surface area (Å²) in [5.74, 6) is 0.574. The normalized spacial score (nSPS) is 18.7. The van der Waals surface area contributed by atoms with Gasteiger partial charge in [-0.1, -0.05) is 34.9 Å². The molecule has 3 heterocycles. The molecule has 9 nitrogen and oxygen atoms in total. The lowest BCUT2D eigenvalue weighted by atomic mass is 9.95. The van der Waals surface area contributed by atoms with E-state index >= 15 is 0 Å². The number of likely N-dealkylation sites (tertiary alicyclic amines) is 1. The van der Waals surface area contributed by atoms with Crippen LogP contribution in [-0.2, 0) is 4.79 Å². The molecule has 2 aliphatic rings. The molecular formula is C24H26ClN7O2. The third kappa shape index (κ3) is 4.61. The van der Waals surface area contributed by atoms with E-state index in [4.69, 9.17) is 11.6 Å². The highest BCUT2D eigenvalue weighted by Crippen LogP contribution is 2.23. The van der Waals surface area contributed by atoms with Gasteiger partial charge in [-0.15, -0.1) is 0 Å². The van der Waals surface area contributed by atoms with Crippen molar-refractivity contribution in [3.8, 4) is 5.69 Å². The molecule has 2 aliphatic heterocycles. The lowest BCUT2D eigenvalue weighted by molar-refractivity contribution is -0.137. The first-order valence-corrected chi connectivity index (χ1v) is 11.9. The van der Waals surface area contributed by atoms with Gasteiger partial charge >= 0.3 is 0 Å². The van der Waals surface area contributed by atoms with Crippen molar-refractivity contribution < 1.29 is 9.59 Å². The second-order valence-corrected chi connectivity index (χ2v) is 9.07. The summed E-state index contributed by atoms with van der Waals surface area (Å²) in [6, 6.07) is 16.7. The highest BCUT2D eigenvalue weighted by molar-refractivity contribution is 6.30. The molecule has 0 saturated carbocycles. The van der Waals surface area contributed by atoms with E-state index in [2.05, 4.69) is 20.4 Å². The summed E-state index contributed by atoms with van der Waals surface area (Å²) >= 11 is 5.94. The Labute approximate surface area is 202 Å². The Morgan fingerprint density at radius 2 is 1.62 bits per heavy atom. The monoisotopic (exact) mass is 479 g/mol. The maximum Gasteiger partial charge on any atom is 0.253 e. The number of tetrazole rings is 1. The summed E-state index contributed by atoms with van der Waals surface area (Å²) in [6.07, 6.45) is 1.62. The third-order valence-corrected chi connectivity index (χ3v) is 6.73. The van der Waals surface area contributed by atoms with Crippen molar-refractivity contribution in [3.63, 3.8) is 0 Å². The molecule has 2 fully saturated rings. The molecule has 1 aromatic heterocycles. The zero-order chi connectivity index (χ0) is 23.5. The first kappa shape index (κ1) is 22.3. The van der Waals surface area contributed by atoms with Gasteiger partial charge in [-0.25, -0.2) is 0 Å². The van der Waals surface area contributed by atoms with Gasteiger partial charge in [0, 0.05) is 49.9 Å². The minimum absolute atomic E-state index is 0.0493. The quantitative estimate of drug-likeness (QED) is 0.571. The number of carbonyl (C=O) groups is 2. The minimum Gasteiger partial charge on any atom is -0.339 e. The molecule has 176 valence electrons. The van der Waals surface area contributed by atoms with Crippen LogP contribution in [0.5, 0.6) is 0 Å². The van der Waals surface area contributed by atoms with Crippen LogP contribution in [0.2, 0.25) is 5.02 Å². The number of piperidine rings is 1. The highest BCUT2D eigenvalue weighted by atomic mass is 35.5. The first-order chi connectivity index (χ1) is 16.6. The van der Waals surface area contributed by atoms with Crippen molar-refractivity contribution in [2.45, 2.75) is 12.8 Å². The van der Waals surface area contributed by atoms with E-state index in [1.54, 1.807) is 33.8 Å². The molecule has 3 aromatic rings. The van der Waals surface area contributed by atoms with E-state index in [1.807, 2.05) is 35.2 Å². The average Bonchev–Trinajstić information content (AvgIpc) is 3.39. The largest absolute Gasteiger partial charge is 0.339 e. The molecule has 0 bridgehead atoms. The van der Waals surface area contributed by atoms with E-state index in [0.717, 1.165) is 18.5 Å². The molecule has 2 amide bonds. The van der Waals surface area contributed by atoms with Crippen molar-refractivity contribution in [1.29, 1.82) is 0 Å². The Bertz CT molecular complexity index is 1140. The van der Waals surface area contributed by atoms with Crippen molar-refractivity contribution in [2.75, 3.05) is 44.2 Å². The van der Waals surface area contributed by atoms with E-state index < -0.39 is 0 Å². The molecule has 1 atom stereocenters. The lowest BCUT2D eigenvalue weighted by Crippen LogP contribution is -2.53. The zero-order valence-corrected chi connectivity index (χ0v) is 19.5. The average molecular weight is 480 g/mol. The van der Waals surface area contributed by atoms with Crippen LogP contribution in [0.4, 0.5) is 5.95 Å². The summed E-state index contributed by atoms with van der Waals surface area (Å²) in [7, 11) is 0. The predicted molar refractivity (Wildman–Crippen MR) is 128 cm³/mol. The van der Waals surface area contributed by atoms with Crippen LogP contribution in [-0.4, -0.2) is 81.1 Å². The second-order valence-electron chi connectivity index (χ2n) is 8.64. The van der Waals surface area contributed by atoms with Gasteiger partial charge in [-0.05, 0) is 59.7 Å². The number of carbonyl (C=O) groups excluding carboxylic acids is 2. The fourth-order valence-corrected chi connectivity index (χ4v) is 4.77. The van der Waals surface area contributed by atoms with Gasteiger partial charge in [0.1, 0.15) is 0 Å². The number of hydrogen-bond donors (Lipinski definition) is 0. The number of aromatic nitrogens is 4.